The van der Waals surface area contributed by atoms with Crippen LogP contribution in [-0.2, 0) is 14.8 Å². The molecule has 1 N–H and O–H groups in total. The molecule has 1 amide bonds. The number of rotatable bonds is 7. The zero-order valence-corrected chi connectivity index (χ0v) is 13.8. The summed E-state index contributed by atoms with van der Waals surface area (Å²) < 4.78 is 25.1. The highest BCUT2D eigenvalue weighted by atomic mass is 32.2. The molecular weight excluding hydrogens is 298 g/mol. The van der Waals surface area contributed by atoms with E-state index in [1.807, 2.05) is 20.8 Å². The second kappa shape index (κ2) is 7.14. The first-order chi connectivity index (χ1) is 9.24. The van der Waals surface area contributed by atoms with Crippen LogP contribution >= 0.6 is 11.3 Å². The SMILES string of the molecule is CCS(=O)(=O)N(CC(=O)Nc1ncc(C)s1)CC(C)C. The molecular formula is C12H21N3O3S2. The largest absolute Gasteiger partial charge is 0.301 e. The molecule has 0 spiro atoms. The second-order valence-corrected chi connectivity index (χ2v) is 8.40. The lowest BCUT2D eigenvalue weighted by atomic mass is 10.2. The normalized spacial score (nSPS) is 12.1. The minimum atomic E-state index is -3.38. The van der Waals surface area contributed by atoms with Gasteiger partial charge in [-0.1, -0.05) is 13.8 Å². The Morgan fingerprint density at radius 3 is 2.60 bits per heavy atom. The van der Waals surface area contributed by atoms with Gasteiger partial charge in [-0.15, -0.1) is 11.3 Å². The van der Waals surface area contributed by atoms with Gasteiger partial charge in [-0.25, -0.2) is 13.4 Å². The predicted octanol–water partition coefficient (Wildman–Crippen LogP) is 1.70. The summed E-state index contributed by atoms with van der Waals surface area (Å²) in [5.41, 5.74) is 0. The van der Waals surface area contributed by atoms with Crippen molar-refractivity contribution in [3.8, 4) is 0 Å². The van der Waals surface area contributed by atoms with E-state index < -0.39 is 10.0 Å². The van der Waals surface area contributed by atoms with Crippen LogP contribution in [0.25, 0.3) is 0 Å². The number of carbonyl (C=O) groups excluding carboxylic acids is 1. The van der Waals surface area contributed by atoms with Crippen molar-refractivity contribution in [2.45, 2.75) is 27.7 Å². The number of aromatic nitrogens is 1. The topological polar surface area (TPSA) is 79.4 Å². The Labute approximate surface area is 124 Å². The van der Waals surface area contributed by atoms with Crippen LogP contribution in [0.5, 0.6) is 0 Å². The quantitative estimate of drug-likeness (QED) is 0.829. The zero-order valence-electron chi connectivity index (χ0n) is 12.2. The van der Waals surface area contributed by atoms with Gasteiger partial charge in [0.05, 0.1) is 12.3 Å². The second-order valence-electron chi connectivity index (χ2n) is 4.91. The van der Waals surface area contributed by atoms with Gasteiger partial charge in [-0.3, -0.25) is 4.79 Å². The molecule has 0 bridgehead atoms. The highest BCUT2D eigenvalue weighted by Crippen LogP contribution is 2.16. The molecule has 0 saturated heterocycles. The number of thiazole rings is 1. The number of carbonyl (C=O) groups is 1. The average Bonchev–Trinajstić information content (AvgIpc) is 2.73. The van der Waals surface area contributed by atoms with Gasteiger partial charge in [0.1, 0.15) is 0 Å². The average molecular weight is 319 g/mol. The van der Waals surface area contributed by atoms with E-state index in [2.05, 4.69) is 10.3 Å². The van der Waals surface area contributed by atoms with Crippen LogP contribution in [-0.4, -0.2) is 42.5 Å². The summed E-state index contributed by atoms with van der Waals surface area (Å²) in [4.78, 5) is 16.9. The summed E-state index contributed by atoms with van der Waals surface area (Å²) in [5.74, 6) is -0.216. The Morgan fingerprint density at radius 1 is 1.50 bits per heavy atom. The standard InChI is InChI=1S/C12H21N3O3S2/c1-5-20(17,18)15(7-9(2)3)8-11(16)14-12-13-6-10(4)19-12/h6,9H,5,7-8H2,1-4H3,(H,13,14,16). The summed E-state index contributed by atoms with van der Waals surface area (Å²) in [6.45, 7) is 7.46. The van der Waals surface area contributed by atoms with Gasteiger partial charge >= 0.3 is 0 Å². The highest BCUT2D eigenvalue weighted by molar-refractivity contribution is 7.89. The number of anilines is 1. The molecule has 0 atom stereocenters. The number of amides is 1. The van der Waals surface area contributed by atoms with Gasteiger partial charge in [0.15, 0.2) is 5.13 Å². The van der Waals surface area contributed by atoms with Gasteiger partial charge in [0.2, 0.25) is 15.9 Å². The van der Waals surface area contributed by atoms with Crippen LogP contribution in [0, 0.1) is 12.8 Å². The van der Waals surface area contributed by atoms with Crippen LogP contribution in [0.4, 0.5) is 5.13 Å². The van der Waals surface area contributed by atoms with E-state index in [4.69, 9.17) is 0 Å². The minimum Gasteiger partial charge on any atom is -0.301 e. The Morgan fingerprint density at radius 2 is 2.15 bits per heavy atom. The first-order valence-corrected chi connectivity index (χ1v) is 8.87. The molecule has 0 aromatic carbocycles. The molecule has 8 heteroatoms. The molecule has 0 unspecified atom stereocenters. The molecule has 0 radical (unpaired) electrons. The van der Waals surface area contributed by atoms with Crippen LogP contribution in [0.15, 0.2) is 6.20 Å². The third kappa shape index (κ3) is 5.18. The molecule has 20 heavy (non-hydrogen) atoms. The lowest BCUT2D eigenvalue weighted by Crippen LogP contribution is -2.40. The van der Waals surface area contributed by atoms with Crippen molar-refractivity contribution in [1.29, 1.82) is 0 Å². The van der Waals surface area contributed by atoms with Gasteiger partial charge in [0.25, 0.3) is 0 Å². The third-order valence-electron chi connectivity index (χ3n) is 2.51. The van der Waals surface area contributed by atoms with Crippen LogP contribution in [0.2, 0.25) is 0 Å². The molecule has 1 rings (SSSR count). The Balaban J connectivity index is 2.72. The van der Waals surface area contributed by atoms with E-state index in [0.29, 0.717) is 11.7 Å². The number of nitrogens with zero attached hydrogens (tertiary/aromatic N) is 2. The van der Waals surface area contributed by atoms with Crippen molar-refractivity contribution in [3.05, 3.63) is 11.1 Å². The number of aryl methyl sites for hydroxylation is 1. The van der Waals surface area contributed by atoms with E-state index in [1.54, 1.807) is 13.1 Å². The van der Waals surface area contributed by atoms with Gasteiger partial charge in [-0.05, 0) is 19.8 Å². The maximum Gasteiger partial charge on any atom is 0.241 e. The van der Waals surface area contributed by atoms with Crippen molar-refractivity contribution in [1.82, 2.24) is 9.29 Å². The number of hydrogen-bond acceptors (Lipinski definition) is 5. The maximum atomic E-state index is 12.0. The maximum absolute atomic E-state index is 12.0. The predicted molar refractivity (Wildman–Crippen MR) is 81.4 cm³/mol. The fraction of sp³-hybridized carbons (Fsp3) is 0.667. The lowest BCUT2D eigenvalue weighted by Gasteiger charge is -2.22. The molecule has 0 fully saturated rings. The molecule has 0 aliphatic heterocycles. The number of nitrogens with one attached hydrogen (secondary N) is 1. The number of sulfonamides is 1. The molecule has 0 aliphatic carbocycles. The fourth-order valence-electron chi connectivity index (χ4n) is 1.60. The first-order valence-electron chi connectivity index (χ1n) is 6.44. The molecule has 1 heterocycles. The van der Waals surface area contributed by atoms with Gasteiger partial charge in [0, 0.05) is 17.6 Å². The van der Waals surface area contributed by atoms with Gasteiger partial charge < -0.3 is 5.32 Å². The minimum absolute atomic E-state index is 0.0106. The molecule has 0 saturated carbocycles. The van der Waals surface area contributed by atoms with E-state index in [-0.39, 0.29) is 24.1 Å². The monoisotopic (exact) mass is 319 g/mol. The van der Waals surface area contributed by atoms with Crippen molar-refractivity contribution in [3.63, 3.8) is 0 Å². The van der Waals surface area contributed by atoms with E-state index in [9.17, 15) is 13.2 Å². The van der Waals surface area contributed by atoms with Crippen LogP contribution in [0.3, 0.4) is 0 Å². The first kappa shape index (κ1) is 17.1. The number of hydrogen-bond donors (Lipinski definition) is 1. The Hall–Kier alpha value is -0.990. The zero-order chi connectivity index (χ0) is 15.3. The van der Waals surface area contributed by atoms with Gasteiger partial charge in [-0.2, -0.15) is 4.31 Å². The van der Waals surface area contributed by atoms with Crippen molar-refractivity contribution in [2.75, 3.05) is 24.2 Å². The Bertz CT molecular complexity index is 552. The molecule has 6 nitrogen and oxygen atoms in total. The summed E-state index contributed by atoms with van der Waals surface area (Å²) in [6, 6.07) is 0. The highest BCUT2D eigenvalue weighted by Gasteiger charge is 2.23. The Kier molecular flexibility index (Phi) is 6.09. The molecule has 1 aromatic rings. The lowest BCUT2D eigenvalue weighted by molar-refractivity contribution is -0.116. The molecule has 114 valence electrons. The third-order valence-corrected chi connectivity index (χ3v) is 5.14. The van der Waals surface area contributed by atoms with E-state index in [0.717, 1.165) is 4.88 Å². The fourth-order valence-corrected chi connectivity index (χ4v) is 3.48. The van der Waals surface area contributed by atoms with E-state index >= 15 is 0 Å². The van der Waals surface area contributed by atoms with Crippen molar-refractivity contribution in [2.24, 2.45) is 5.92 Å². The smallest absolute Gasteiger partial charge is 0.241 e. The van der Waals surface area contributed by atoms with Crippen molar-refractivity contribution < 1.29 is 13.2 Å². The summed E-state index contributed by atoms with van der Waals surface area (Å²) in [5, 5.41) is 3.12. The van der Waals surface area contributed by atoms with Crippen LogP contribution in [0.1, 0.15) is 25.6 Å². The summed E-state index contributed by atoms with van der Waals surface area (Å²) in [7, 11) is -3.38. The van der Waals surface area contributed by atoms with Crippen molar-refractivity contribution >= 4 is 32.4 Å². The van der Waals surface area contributed by atoms with E-state index in [1.165, 1.54) is 15.6 Å². The summed E-state index contributed by atoms with van der Waals surface area (Å²) >= 11 is 1.36. The molecule has 1 aromatic heterocycles. The molecule has 0 aliphatic rings. The van der Waals surface area contributed by atoms with Crippen LogP contribution < -0.4 is 5.32 Å². The summed E-state index contributed by atoms with van der Waals surface area (Å²) in [6.07, 6.45) is 1.66.